The van der Waals surface area contributed by atoms with Gasteiger partial charge in [0, 0.05) is 0 Å². The summed E-state index contributed by atoms with van der Waals surface area (Å²) < 4.78 is 0. The van der Waals surface area contributed by atoms with Crippen molar-refractivity contribution in [1.29, 1.82) is 0 Å². The number of benzene rings is 1. The SMILES string of the molecule is CC/C=C\CC(CCC)c1c(C)cc(C)cc1C. The fourth-order valence-electron chi connectivity index (χ4n) is 2.99. The van der Waals surface area contributed by atoms with E-state index in [9.17, 15) is 0 Å². The highest BCUT2D eigenvalue weighted by atomic mass is 14.2. The Labute approximate surface area is 113 Å². The lowest BCUT2D eigenvalue weighted by molar-refractivity contribution is 0.613. The van der Waals surface area contributed by atoms with Crippen LogP contribution in [-0.2, 0) is 0 Å². The molecule has 0 aliphatic rings. The highest BCUT2D eigenvalue weighted by Gasteiger charge is 2.14. The monoisotopic (exact) mass is 244 g/mol. The molecular weight excluding hydrogens is 216 g/mol. The summed E-state index contributed by atoms with van der Waals surface area (Å²) in [5.41, 5.74) is 5.91. The predicted octanol–water partition coefficient (Wildman–Crippen LogP) is 5.85. The zero-order chi connectivity index (χ0) is 13.5. The van der Waals surface area contributed by atoms with Crippen molar-refractivity contribution in [3.05, 3.63) is 46.5 Å². The second kappa shape index (κ2) is 7.41. The lowest BCUT2D eigenvalue weighted by Gasteiger charge is -2.21. The first-order chi connectivity index (χ1) is 8.60. The molecule has 0 heterocycles. The Morgan fingerprint density at radius 1 is 1.00 bits per heavy atom. The molecule has 0 nitrogen and oxygen atoms in total. The van der Waals surface area contributed by atoms with Crippen molar-refractivity contribution < 1.29 is 0 Å². The van der Waals surface area contributed by atoms with E-state index in [1.54, 1.807) is 5.56 Å². The Bertz CT molecular complexity index is 375. The van der Waals surface area contributed by atoms with Crippen LogP contribution in [0.15, 0.2) is 24.3 Å². The Hall–Kier alpha value is -1.04. The van der Waals surface area contributed by atoms with E-state index in [0.29, 0.717) is 5.92 Å². The average Bonchev–Trinajstić information content (AvgIpc) is 2.28. The highest BCUT2D eigenvalue weighted by molar-refractivity contribution is 5.40. The smallest absolute Gasteiger partial charge is 0.0122 e. The van der Waals surface area contributed by atoms with Crippen LogP contribution in [0.1, 0.15) is 67.7 Å². The topological polar surface area (TPSA) is 0 Å². The Morgan fingerprint density at radius 3 is 2.11 bits per heavy atom. The predicted molar refractivity (Wildman–Crippen MR) is 82.4 cm³/mol. The first kappa shape index (κ1) is 15.0. The number of hydrogen-bond acceptors (Lipinski definition) is 0. The van der Waals surface area contributed by atoms with Crippen LogP contribution in [0.25, 0.3) is 0 Å². The summed E-state index contributed by atoms with van der Waals surface area (Å²) >= 11 is 0. The minimum atomic E-state index is 0.693. The maximum absolute atomic E-state index is 2.36. The Kier molecular flexibility index (Phi) is 6.18. The largest absolute Gasteiger partial charge is 0.0888 e. The van der Waals surface area contributed by atoms with E-state index < -0.39 is 0 Å². The highest BCUT2D eigenvalue weighted by Crippen LogP contribution is 2.31. The zero-order valence-electron chi connectivity index (χ0n) is 12.7. The van der Waals surface area contributed by atoms with Gasteiger partial charge in [-0.25, -0.2) is 0 Å². The molecule has 0 spiro atoms. The van der Waals surface area contributed by atoms with Crippen LogP contribution >= 0.6 is 0 Å². The van der Waals surface area contributed by atoms with Gasteiger partial charge in [-0.3, -0.25) is 0 Å². The van der Waals surface area contributed by atoms with Crippen LogP contribution < -0.4 is 0 Å². The van der Waals surface area contributed by atoms with E-state index in [-0.39, 0.29) is 0 Å². The summed E-state index contributed by atoms with van der Waals surface area (Å²) in [6.45, 7) is 11.2. The lowest BCUT2D eigenvalue weighted by atomic mass is 9.84. The van der Waals surface area contributed by atoms with Gasteiger partial charge in [-0.15, -0.1) is 0 Å². The maximum Gasteiger partial charge on any atom is -0.0122 e. The zero-order valence-corrected chi connectivity index (χ0v) is 12.7. The van der Waals surface area contributed by atoms with Crippen molar-refractivity contribution in [3.63, 3.8) is 0 Å². The molecule has 1 atom stereocenters. The summed E-state index contributed by atoms with van der Waals surface area (Å²) in [6, 6.07) is 4.66. The van der Waals surface area contributed by atoms with Crippen molar-refractivity contribution in [1.82, 2.24) is 0 Å². The Balaban J connectivity index is 3.01. The van der Waals surface area contributed by atoms with Crippen molar-refractivity contribution >= 4 is 0 Å². The van der Waals surface area contributed by atoms with Crippen molar-refractivity contribution in [2.24, 2.45) is 0 Å². The molecule has 0 radical (unpaired) electrons. The third-order valence-electron chi connectivity index (χ3n) is 3.61. The summed E-state index contributed by atoms with van der Waals surface area (Å²) in [5.74, 6) is 0.693. The van der Waals surface area contributed by atoms with Gasteiger partial charge in [0.1, 0.15) is 0 Å². The molecule has 0 aliphatic carbocycles. The second-order valence-electron chi connectivity index (χ2n) is 5.41. The molecule has 100 valence electrons. The first-order valence-corrected chi connectivity index (χ1v) is 7.32. The van der Waals surface area contributed by atoms with Gasteiger partial charge in [0.25, 0.3) is 0 Å². The standard InChI is InChI=1S/C18H28/c1-6-8-9-11-17(10-7-2)18-15(4)12-14(3)13-16(18)5/h8-9,12-13,17H,6-7,10-11H2,1-5H3/b9-8-. The van der Waals surface area contributed by atoms with Crippen molar-refractivity contribution in [2.75, 3.05) is 0 Å². The van der Waals surface area contributed by atoms with Gasteiger partial charge < -0.3 is 0 Å². The van der Waals surface area contributed by atoms with E-state index in [0.717, 1.165) is 6.42 Å². The summed E-state index contributed by atoms with van der Waals surface area (Å²) in [5, 5.41) is 0. The normalized spacial score (nSPS) is 13.2. The molecule has 1 aromatic rings. The van der Waals surface area contributed by atoms with E-state index in [2.05, 4.69) is 58.9 Å². The van der Waals surface area contributed by atoms with Gasteiger partial charge in [0.15, 0.2) is 0 Å². The van der Waals surface area contributed by atoms with Gasteiger partial charge in [-0.2, -0.15) is 0 Å². The second-order valence-corrected chi connectivity index (χ2v) is 5.41. The Morgan fingerprint density at radius 2 is 1.61 bits per heavy atom. The molecule has 0 bridgehead atoms. The lowest BCUT2D eigenvalue weighted by Crippen LogP contribution is -2.03. The van der Waals surface area contributed by atoms with Crippen molar-refractivity contribution in [2.45, 2.75) is 66.2 Å². The molecule has 0 aliphatic heterocycles. The molecule has 0 heteroatoms. The van der Waals surface area contributed by atoms with Crippen LogP contribution in [0.3, 0.4) is 0 Å². The van der Waals surface area contributed by atoms with E-state index in [1.165, 1.54) is 36.0 Å². The fourth-order valence-corrected chi connectivity index (χ4v) is 2.99. The molecular formula is C18H28. The van der Waals surface area contributed by atoms with Crippen molar-refractivity contribution in [3.8, 4) is 0 Å². The number of allylic oxidation sites excluding steroid dienone is 2. The molecule has 1 rings (SSSR count). The third-order valence-corrected chi connectivity index (χ3v) is 3.61. The van der Waals surface area contributed by atoms with Gasteiger partial charge in [0.2, 0.25) is 0 Å². The quantitative estimate of drug-likeness (QED) is 0.550. The molecule has 0 N–H and O–H groups in total. The van der Waals surface area contributed by atoms with Crippen LogP contribution in [0.4, 0.5) is 0 Å². The molecule has 0 fully saturated rings. The molecule has 1 aromatic carbocycles. The summed E-state index contributed by atoms with van der Waals surface area (Å²) in [6.07, 6.45) is 9.54. The van der Waals surface area contributed by atoms with E-state index in [4.69, 9.17) is 0 Å². The maximum atomic E-state index is 2.36. The van der Waals surface area contributed by atoms with Crippen LogP contribution in [0.5, 0.6) is 0 Å². The van der Waals surface area contributed by atoms with Gasteiger partial charge in [0.05, 0.1) is 0 Å². The molecule has 0 aromatic heterocycles. The van der Waals surface area contributed by atoms with Crippen LogP contribution in [-0.4, -0.2) is 0 Å². The number of aryl methyl sites for hydroxylation is 3. The minimum Gasteiger partial charge on any atom is -0.0888 e. The molecule has 0 amide bonds. The molecule has 18 heavy (non-hydrogen) atoms. The van der Waals surface area contributed by atoms with E-state index in [1.807, 2.05) is 0 Å². The van der Waals surface area contributed by atoms with E-state index >= 15 is 0 Å². The molecule has 1 unspecified atom stereocenters. The number of rotatable bonds is 6. The minimum absolute atomic E-state index is 0.693. The van der Waals surface area contributed by atoms with Gasteiger partial charge in [-0.1, -0.05) is 50.1 Å². The molecule has 0 saturated carbocycles. The van der Waals surface area contributed by atoms with Crippen LogP contribution in [0.2, 0.25) is 0 Å². The van der Waals surface area contributed by atoms with Gasteiger partial charge in [-0.05, 0) is 62.6 Å². The van der Waals surface area contributed by atoms with Gasteiger partial charge >= 0.3 is 0 Å². The average molecular weight is 244 g/mol. The summed E-state index contributed by atoms with van der Waals surface area (Å²) in [7, 11) is 0. The third kappa shape index (κ3) is 4.01. The molecule has 0 saturated heterocycles. The number of hydrogen-bond donors (Lipinski definition) is 0. The van der Waals surface area contributed by atoms with Crippen LogP contribution in [0, 0.1) is 20.8 Å². The summed E-state index contributed by atoms with van der Waals surface area (Å²) in [4.78, 5) is 0. The first-order valence-electron chi connectivity index (χ1n) is 7.32. The fraction of sp³-hybridized carbons (Fsp3) is 0.556.